The molecule has 1 fully saturated rings. The van der Waals surface area contributed by atoms with E-state index in [9.17, 15) is 9.59 Å². The number of H-pyrrole nitrogens is 1. The first-order chi connectivity index (χ1) is 15.0. The third-order valence-electron chi connectivity index (χ3n) is 5.26. The summed E-state index contributed by atoms with van der Waals surface area (Å²) in [6.07, 6.45) is 5.95. The quantitative estimate of drug-likeness (QED) is 0.539. The second kappa shape index (κ2) is 9.06. The molecular formula is C22H20ClN5O3. The van der Waals surface area contributed by atoms with Crippen LogP contribution in [0.5, 0.6) is 5.88 Å². The summed E-state index contributed by atoms with van der Waals surface area (Å²) in [7, 11) is 0. The molecule has 0 bridgehead atoms. The summed E-state index contributed by atoms with van der Waals surface area (Å²) >= 11 is 6.02. The monoisotopic (exact) mass is 437 g/mol. The molecule has 0 saturated heterocycles. The van der Waals surface area contributed by atoms with Gasteiger partial charge in [-0.3, -0.25) is 9.59 Å². The number of anilines is 1. The standard InChI is InChI=1S/C22H20ClN5O3/c23-14-2-7-18-17(9-14)19(12-25-18)28-22(30)21(29)27-15-3-5-16(6-4-15)31-20-8-1-13(10-24)11-26-20/h1-2,7-9,11-12,15-16,25H,3-6H2,(H,27,29)(H,28,30)/t15-,16-. The lowest BCUT2D eigenvalue weighted by Crippen LogP contribution is -2.44. The number of pyridine rings is 1. The number of amides is 2. The number of carbonyl (C=O) groups is 2. The topological polar surface area (TPSA) is 120 Å². The van der Waals surface area contributed by atoms with Crippen molar-refractivity contribution < 1.29 is 14.3 Å². The molecule has 1 aliphatic carbocycles. The van der Waals surface area contributed by atoms with Gasteiger partial charge in [-0.1, -0.05) is 11.6 Å². The fraction of sp³-hybridized carbons (Fsp3) is 0.273. The fourth-order valence-electron chi connectivity index (χ4n) is 3.64. The summed E-state index contributed by atoms with van der Waals surface area (Å²) in [4.78, 5) is 31.8. The minimum absolute atomic E-state index is 0.0154. The van der Waals surface area contributed by atoms with Gasteiger partial charge in [0.05, 0.1) is 11.3 Å². The number of nitrogens with one attached hydrogen (secondary N) is 3. The number of aromatic nitrogens is 2. The number of benzene rings is 1. The zero-order valence-corrected chi connectivity index (χ0v) is 17.3. The van der Waals surface area contributed by atoms with Crippen molar-refractivity contribution in [3.8, 4) is 11.9 Å². The van der Waals surface area contributed by atoms with Crippen LogP contribution >= 0.6 is 11.6 Å². The van der Waals surface area contributed by atoms with Gasteiger partial charge in [-0.15, -0.1) is 0 Å². The Morgan fingerprint density at radius 2 is 1.97 bits per heavy atom. The Kier molecular flexibility index (Phi) is 6.05. The highest BCUT2D eigenvalue weighted by atomic mass is 35.5. The highest BCUT2D eigenvalue weighted by molar-refractivity contribution is 6.40. The third-order valence-corrected chi connectivity index (χ3v) is 5.50. The molecular weight excluding hydrogens is 418 g/mol. The number of fused-ring (bicyclic) bond motifs is 1. The van der Waals surface area contributed by atoms with Crippen molar-refractivity contribution in [1.29, 1.82) is 5.26 Å². The summed E-state index contributed by atoms with van der Waals surface area (Å²) in [5.41, 5.74) is 1.80. The number of nitriles is 1. The van der Waals surface area contributed by atoms with E-state index >= 15 is 0 Å². The van der Waals surface area contributed by atoms with Gasteiger partial charge in [-0.2, -0.15) is 5.26 Å². The number of hydrogen-bond donors (Lipinski definition) is 3. The van der Waals surface area contributed by atoms with E-state index in [-0.39, 0.29) is 12.1 Å². The van der Waals surface area contributed by atoms with Gasteiger partial charge >= 0.3 is 11.8 Å². The van der Waals surface area contributed by atoms with E-state index < -0.39 is 11.8 Å². The first-order valence-corrected chi connectivity index (χ1v) is 10.3. The van der Waals surface area contributed by atoms with E-state index in [1.807, 2.05) is 6.07 Å². The number of hydrogen-bond acceptors (Lipinski definition) is 5. The average molecular weight is 438 g/mol. The molecule has 4 rings (SSSR count). The first-order valence-electron chi connectivity index (χ1n) is 9.93. The first kappa shape index (κ1) is 20.7. The lowest BCUT2D eigenvalue weighted by molar-refractivity contribution is -0.136. The molecule has 158 valence electrons. The van der Waals surface area contributed by atoms with Crippen LogP contribution < -0.4 is 15.4 Å². The van der Waals surface area contributed by atoms with Crippen molar-refractivity contribution in [3.63, 3.8) is 0 Å². The second-order valence-corrected chi connectivity index (χ2v) is 7.84. The van der Waals surface area contributed by atoms with E-state index in [2.05, 4.69) is 20.6 Å². The van der Waals surface area contributed by atoms with Crippen LogP contribution in [0.2, 0.25) is 5.02 Å². The molecule has 0 radical (unpaired) electrons. The molecule has 0 atom stereocenters. The van der Waals surface area contributed by atoms with Crippen molar-refractivity contribution >= 4 is 40.0 Å². The van der Waals surface area contributed by atoms with Gasteiger partial charge in [0.2, 0.25) is 5.88 Å². The summed E-state index contributed by atoms with van der Waals surface area (Å²) < 4.78 is 5.85. The summed E-state index contributed by atoms with van der Waals surface area (Å²) in [6, 6.07) is 10.5. The molecule has 1 saturated carbocycles. The van der Waals surface area contributed by atoms with Crippen LogP contribution in [0.1, 0.15) is 31.2 Å². The van der Waals surface area contributed by atoms with Crippen LogP contribution in [0.3, 0.4) is 0 Å². The number of carbonyl (C=O) groups excluding carboxylic acids is 2. The lowest BCUT2D eigenvalue weighted by atomic mass is 9.93. The number of nitrogens with zero attached hydrogens (tertiary/aromatic N) is 2. The summed E-state index contributed by atoms with van der Waals surface area (Å²) in [5.74, 6) is -0.916. The molecule has 9 heteroatoms. The average Bonchev–Trinajstić information content (AvgIpc) is 3.17. The Balaban J connectivity index is 1.26. The number of rotatable bonds is 4. The van der Waals surface area contributed by atoms with E-state index in [1.165, 1.54) is 6.20 Å². The molecule has 3 aromatic rings. The van der Waals surface area contributed by atoms with Gasteiger partial charge in [-0.05, 0) is 49.9 Å². The van der Waals surface area contributed by atoms with Crippen LogP contribution in [0.15, 0.2) is 42.7 Å². The number of aromatic amines is 1. The molecule has 1 aromatic carbocycles. The Bertz CT molecular complexity index is 1140. The smallest absolute Gasteiger partial charge is 0.313 e. The van der Waals surface area contributed by atoms with Crippen molar-refractivity contribution in [2.45, 2.75) is 37.8 Å². The third kappa shape index (κ3) is 4.95. The largest absolute Gasteiger partial charge is 0.474 e. The van der Waals surface area contributed by atoms with Crippen molar-refractivity contribution in [2.24, 2.45) is 0 Å². The molecule has 0 spiro atoms. The van der Waals surface area contributed by atoms with E-state index in [0.29, 0.717) is 35.0 Å². The van der Waals surface area contributed by atoms with Crippen molar-refractivity contribution in [1.82, 2.24) is 15.3 Å². The van der Waals surface area contributed by atoms with Crippen LogP contribution in [0.25, 0.3) is 10.9 Å². The Hall–Kier alpha value is -3.57. The van der Waals surface area contributed by atoms with Gasteiger partial charge in [0.25, 0.3) is 0 Å². The minimum atomic E-state index is -0.721. The molecule has 0 unspecified atom stereocenters. The van der Waals surface area contributed by atoms with Crippen LogP contribution in [-0.2, 0) is 9.59 Å². The summed E-state index contributed by atoms with van der Waals surface area (Å²) in [5, 5.41) is 15.5. The maximum Gasteiger partial charge on any atom is 0.313 e. The molecule has 3 N–H and O–H groups in total. The Morgan fingerprint density at radius 3 is 2.68 bits per heavy atom. The normalized spacial score (nSPS) is 18.2. The van der Waals surface area contributed by atoms with Gasteiger partial charge in [0, 0.05) is 40.4 Å². The van der Waals surface area contributed by atoms with Gasteiger partial charge in [0.1, 0.15) is 12.2 Å². The molecule has 8 nitrogen and oxygen atoms in total. The van der Waals surface area contributed by atoms with Gasteiger partial charge < -0.3 is 20.4 Å². The van der Waals surface area contributed by atoms with Crippen LogP contribution in [0, 0.1) is 11.3 Å². The zero-order chi connectivity index (χ0) is 21.8. The van der Waals surface area contributed by atoms with E-state index in [0.717, 1.165) is 23.7 Å². The number of halogens is 1. The maximum absolute atomic E-state index is 12.3. The molecule has 2 aromatic heterocycles. The minimum Gasteiger partial charge on any atom is -0.474 e. The second-order valence-electron chi connectivity index (χ2n) is 7.41. The van der Waals surface area contributed by atoms with Crippen molar-refractivity contribution in [3.05, 3.63) is 53.3 Å². The van der Waals surface area contributed by atoms with Crippen molar-refractivity contribution in [2.75, 3.05) is 5.32 Å². The van der Waals surface area contributed by atoms with E-state index in [4.69, 9.17) is 21.6 Å². The highest BCUT2D eigenvalue weighted by Gasteiger charge is 2.26. The Labute approximate surface area is 183 Å². The SMILES string of the molecule is N#Cc1ccc(O[C@H]2CC[C@H](NC(=O)C(=O)Nc3c[nH]c4ccc(Cl)cc34)CC2)nc1. The zero-order valence-electron chi connectivity index (χ0n) is 16.5. The van der Waals surface area contributed by atoms with Gasteiger partial charge in [0.15, 0.2) is 0 Å². The lowest BCUT2D eigenvalue weighted by Gasteiger charge is -2.29. The molecule has 1 aliphatic rings. The Morgan fingerprint density at radius 1 is 1.16 bits per heavy atom. The molecule has 2 amide bonds. The number of ether oxygens (including phenoxy) is 1. The maximum atomic E-state index is 12.3. The predicted molar refractivity (Wildman–Crippen MR) is 116 cm³/mol. The predicted octanol–water partition coefficient (Wildman–Crippen LogP) is 3.53. The molecule has 0 aliphatic heterocycles. The van der Waals surface area contributed by atoms with E-state index in [1.54, 1.807) is 36.5 Å². The van der Waals surface area contributed by atoms with Crippen LogP contribution in [-0.4, -0.2) is 33.9 Å². The fourth-order valence-corrected chi connectivity index (χ4v) is 3.81. The highest BCUT2D eigenvalue weighted by Crippen LogP contribution is 2.26. The molecule has 2 heterocycles. The summed E-state index contributed by atoms with van der Waals surface area (Å²) in [6.45, 7) is 0. The molecule has 31 heavy (non-hydrogen) atoms. The van der Waals surface area contributed by atoms with Crippen LogP contribution in [0.4, 0.5) is 5.69 Å². The van der Waals surface area contributed by atoms with Gasteiger partial charge in [-0.25, -0.2) is 4.98 Å².